The van der Waals surface area contributed by atoms with Gasteiger partial charge in [-0.25, -0.2) is 4.79 Å². The Morgan fingerprint density at radius 2 is 1.70 bits per heavy atom. The predicted molar refractivity (Wildman–Crippen MR) is 104 cm³/mol. The Balaban J connectivity index is 1.93. The van der Waals surface area contributed by atoms with E-state index in [0.717, 1.165) is 5.56 Å². The van der Waals surface area contributed by atoms with Gasteiger partial charge in [-0.3, -0.25) is 4.79 Å². The summed E-state index contributed by atoms with van der Waals surface area (Å²) in [7, 11) is 3.07. The van der Waals surface area contributed by atoms with E-state index in [4.69, 9.17) is 25.8 Å². The third-order valence-corrected chi connectivity index (χ3v) is 3.85. The number of hydrogen-bond acceptors (Lipinski definition) is 5. The molecule has 2 aromatic carbocycles. The summed E-state index contributed by atoms with van der Waals surface area (Å²) in [6, 6.07) is 11.8. The lowest BCUT2D eigenvalue weighted by molar-refractivity contribution is -0.148. The van der Waals surface area contributed by atoms with Crippen LogP contribution in [0.1, 0.15) is 12.5 Å². The number of rotatable bonds is 7. The second-order valence-corrected chi connectivity index (χ2v) is 5.96. The summed E-state index contributed by atoms with van der Waals surface area (Å²) in [5.41, 5.74) is 1.29. The maximum Gasteiger partial charge on any atom is 0.331 e. The van der Waals surface area contributed by atoms with Gasteiger partial charge in [-0.05, 0) is 55.0 Å². The van der Waals surface area contributed by atoms with Crippen LogP contribution in [0.25, 0.3) is 6.08 Å². The zero-order valence-electron chi connectivity index (χ0n) is 15.2. The molecule has 0 bridgehead atoms. The van der Waals surface area contributed by atoms with E-state index in [1.807, 2.05) is 0 Å². The number of esters is 1. The summed E-state index contributed by atoms with van der Waals surface area (Å²) in [6.45, 7) is 1.49. The fourth-order valence-electron chi connectivity index (χ4n) is 2.16. The maximum absolute atomic E-state index is 12.1. The minimum Gasteiger partial charge on any atom is -0.493 e. The van der Waals surface area contributed by atoms with Crippen LogP contribution in [0.2, 0.25) is 5.02 Å². The summed E-state index contributed by atoms with van der Waals surface area (Å²) in [6.07, 6.45) is 1.85. The maximum atomic E-state index is 12.1. The second kappa shape index (κ2) is 9.64. The lowest BCUT2D eigenvalue weighted by atomic mass is 10.2. The number of amides is 1. The van der Waals surface area contributed by atoms with Crippen LogP contribution in [0, 0.1) is 0 Å². The molecule has 0 aliphatic rings. The number of methoxy groups -OCH3 is 2. The molecular weight excluding hydrogens is 370 g/mol. The van der Waals surface area contributed by atoms with E-state index in [-0.39, 0.29) is 0 Å². The quantitative estimate of drug-likeness (QED) is 0.573. The summed E-state index contributed by atoms with van der Waals surface area (Å²) in [5, 5.41) is 3.21. The number of benzene rings is 2. The highest BCUT2D eigenvalue weighted by molar-refractivity contribution is 6.30. The standard InChI is InChI=1S/C20H20ClNO5/c1-13(20(24)22-16-8-6-15(21)7-9-16)27-19(23)11-5-14-4-10-17(25-2)18(12-14)26-3/h4-13H,1-3H3,(H,22,24)/b11-5+/t13-/m0/s1. The van der Waals surface area contributed by atoms with Gasteiger partial charge in [0.25, 0.3) is 5.91 Å². The Kier molecular flexibility index (Phi) is 7.25. The first-order valence-corrected chi connectivity index (χ1v) is 8.48. The van der Waals surface area contributed by atoms with E-state index in [9.17, 15) is 9.59 Å². The van der Waals surface area contributed by atoms with E-state index in [2.05, 4.69) is 5.32 Å². The zero-order chi connectivity index (χ0) is 19.8. The van der Waals surface area contributed by atoms with Crippen molar-refractivity contribution < 1.29 is 23.8 Å². The van der Waals surface area contributed by atoms with Crippen LogP contribution < -0.4 is 14.8 Å². The summed E-state index contributed by atoms with van der Waals surface area (Å²) >= 11 is 5.80. The van der Waals surface area contributed by atoms with Crippen molar-refractivity contribution in [2.24, 2.45) is 0 Å². The number of halogens is 1. The molecule has 0 aromatic heterocycles. The summed E-state index contributed by atoms with van der Waals surface area (Å²) in [5.74, 6) is 0.0576. The van der Waals surface area contributed by atoms with Gasteiger partial charge in [0.2, 0.25) is 0 Å². The molecule has 6 nitrogen and oxygen atoms in total. The molecular formula is C20H20ClNO5. The van der Waals surface area contributed by atoms with E-state index >= 15 is 0 Å². The minimum absolute atomic E-state index is 0.440. The first-order chi connectivity index (χ1) is 12.9. The Labute approximate surface area is 162 Å². The van der Waals surface area contributed by atoms with Gasteiger partial charge in [-0.1, -0.05) is 17.7 Å². The average Bonchev–Trinajstić information content (AvgIpc) is 2.67. The fourth-order valence-corrected chi connectivity index (χ4v) is 2.29. The Morgan fingerprint density at radius 1 is 1.04 bits per heavy atom. The van der Waals surface area contributed by atoms with Crippen molar-refractivity contribution >= 4 is 35.2 Å². The molecule has 0 saturated heterocycles. The van der Waals surface area contributed by atoms with Crippen molar-refractivity contribution in [3.63, 3.8) is 0 Å². The highest BCUT2D eigenvalue weighted by Crippen LogP contribution is 2.28. The molecule has 0 aliphatic carbocycles. The Hall–Kier alpha value is -2.99. The van der Waals surface area contributed by atoms with Gasteiger partial charge in [0.15, 0.2) is 17.6 Å². The highest BCUT2D eigenvalue weighted by Gasteiger charge is 2.16. The number of anilines is 1. The first-order valence-electron chi connectivity index (χ1n) is 8.10. The Morgan fingerprint density at radius 3 is 2.33 bits per heavy atom. The zero-order valence-corrected chi connectivity index (χ0v) is 15.9. The number of hydrogen-bond donors (Lipinski definition) is 1. The smallest absolute Gasteiger partial charge is 0.331 e. The van der Waals surface area contributed by atoms with Gasteiger partial charge in [0.1, 0.15) is 0 Å². The molecule has 0 unspecified atom stereocenters. The lowest BCUT2D eigenvalue weighted by Crippen LogP contribution is -2.29. The van der Waals surface area contributed by atoms with Crippen molar-refractivity contribution in [1.29, 1.82) is 0 Å². The van der Waals surface area contributed by atoms with Gasteiger partial charge >= 0.3 is 5.97 Å². The molecule has 0 fully saturated rings. The van der Waals surface area contributed by atoms with Crippen LogP contribution in [0.5, 0.6) is 11.5 Å². The van der Waals surface area contributed by atoms with Gasteiger partial charge in [-0.15, -0.1) is 0 Å². The fraction of sp³-hybridized carbons (Fsp3) is 0.200. The lowest BCUT2D eigenvalue weighted by Gasteiger charge is -2.12. The molecule has 0 saturated carbocycles. The molecule has 0 spiro atoms. The molecule has 7 heteroatoms. The topological polar surface area (TPSA) is 73.9 Å². The molecule has 0 heterocycles. The molecule has 1 N–H and O–H groups in total. The van der Waals surface area contributed by atoms with Crippen LogP contribution in [0.15, 0.2) is 48.5 Å². The molecule has 1 amide bonds. The summed E-state index contributed by atoms with van der Waals surface area (Å²) < 4.78 is 15.5. The van der Waals surface area contributed by atoms with Crippen LogP contribution in [0.4, 0.5) is 5.69 Å². The number of carbonyl (C=O) groups is 2. The highest BCUT2D eigenvalue weighted by atomic mass is 35.5. The molecule has 0 aliphatic heterocycles. The van der Waals surface area contributed by atoms with E-state index in [1.54, 1.807) is 55.7 Å². The van der Waals surface area contributed by atoms with Gasteiger partial charge in [0.05, 0.1) is 14.2 Å². The predicted octanol–water partition coefficient (Wildman–Crippen LogP) is 3.94. The third kappa shape index (κ3) is 6.04. The van der Waals surface area contributed by atoms with Crippen LogP contribution in [-0.4, -0.2) is 32.2 Å². The number of ether oxygens (including phenoxy) is 3. The number of nitrogens with one attached hydrogen (secondary N) is 1. The second-order valence-electron chi connectivity index (χ2n) is 5.52. The van der Waals surface area contributed by atoms with Crippen molar-refractivity contribution in [3.8, 4) is 11.5 Å². The summed E-state index contributed by atoms with van der Waals surface area (Å²) in [4.78, 5) is 24.0. The van der Waals surface area contributed by atoms with Gasteiger partial charge in [-0.2, -0.15) is 0 Å². The Bertz CT molecular complexity index is 833. The normalized spacial score (nSPS) is 11.7. The number of carbonyl (C=O) groups excluding carboxylic acids is 2. The average molecular weight is 390 g/mol. The molecule has 0 radical (unpaired) electrons. The minimum atomic E-state index is -0.955. The molecule has 142 valence electrons. The van der Waals surface area contributed by atoms with E-state index < -0.39 is 18.0 Å². The van der Waals surface area contributed by atoms with Crippen molar-refractivity contribution in [2.45, 2.75) is 13.0 Å². The first kappa shape index (κ1) is 20.3. The van der Waals surface area contributed by atoms with Crippen LogP contribution >= 0.6 is 11.6 Å². The van der Waals surface area contributed by atoms with Crippen LogP contribution in [-0.2, 0) is 14.3 Å². The van der Waals surface area contributed by atoms with E-state index in [1.165, 1.54) is 20.1 Å². The van der Waals surface area contributed by atoms with Crippen molar-refractivity contribution in [1.82, 2.24) is 0 Å². The van der Waals surface area contributed by atoms with Crippen LogP contribution in [0.3, 0.4) is 0 Å². The SMILES string of the molecule is COc1ccc(/C=C/C(=O)O[C@@H](C)C(=O)Nc2ccc(Cl)cc2)cc1OC. The van der Waals surface area contributed by atoms with Gasteiger partial charge < -0.3 is 19.5 Å². The molecule has 2 rings (SSSR count). The van der Waals surface area contributed by atoms with E-state index in [0.29, 0.717) is 22.2 Å². The molecule has 2 aromatic rings. The molecule has 1 atom stereocenters. The monoisotopic (exact) mass is 389 g/mol. The molecule has 27 heavy (non-hydrogen) atoms. The largest absolute Gasteiger partial charge is 0.493 e. The van der Waals surface area contributed by atoms with Crippen molar-refractivity contribution in [3.05, 3.63) is 59.1 Å². The van der Waals surface area contributed by atoms with Crippen molar-refractivity contribution in [2.75, 3.05) is 19.5 Å². The third-order valence-electron chi connectivity index (χ3n) is 3.59. The van der Waals surface area contributed by atoms with Gasteiger partial charge in [0, 0.05) is 16.8 Å².